The Morgan fingerprint density at radius 2 is 1.93 bits per heavy atom. The summed E-state index contributed by atoms with van der Waals surface area (Å²) in [7, 11) is 0. The van der Waals surface area contributed by atoms with E-state index in [-0.39, 0.29) is 5.41 Å². The average molecular weight is 427 g/mol. The highest BCUT2D eigenvalue weighted by atomic mass is 32.2. The highest BCUT2D eigenvalue weighted by molar-refractivity contribution is 8.04. The van der Waals surface area contributed by atoms with Gasteiger partial charge in [-0.3, -0.25) is 9.79 Å². The third kappa shape index (κ3) is 5.15. The molecule has 1 aromatic carbocycles. The van der Waals surface area contributed by atoms with Crippen LogP contribution in [0.1, 0.15) is 53.3 Å². The lowest BCUT2D eigenvalue weighted by Crippen LogP contribution is -2.34. The average Bonchev–Trinajstić information content (AvgIpc) is 3.38. The van der Waals surface area contributed by atoms with Gasteiger partial charge in [-0.25, -0.2) is 4.98 Å². The van der Waals surface area contributed by atoms with Gasteiger partial charge in [0.1, 0.15) is 5.82 Å². The second-order valence-corrected chi connectivity index (χ2v) is 9.88. The number of carbonyl (C=O) groups excluding carboxylic acids is 1. The van der Waals surface area contributed by atoms with Gasteiger partial charge in [-0.05, 0) is 43.0 Å². The monoisotopic (exact) mass is 426 g/mol. The van der Waals surface area contributed by atoms with Crippen LogP contribution in [0.3, 0.4) is 0 Å². The maximum absolute atomic E-state index is 11.0. The van der Waals surface area contributed by atoms with Gasteiger partial charge in [0.2, 0.25) is 6.41 Å². The number of carbonyl (C=O) groups is 1. The van der Waals surface area contributed by atoms with Gasteiger partial charge in [0.05, 0.1) is 17.6 Å². The largest absolute Gasteiger partial charge is 0.345 e. The van der Waals surface area contributed by atoms with Gasteiger partial charge < -0.3 is 9.47 Å². The number of thioether (sulfide) groups is 1. The van der Waals surface area contributed by atoms with Crippen molar-refractivity contribution in [3.8, 4) is 0 Å². The molecule has 0 atom stereocenters. The number of hydrogen-bond donors (Lipinski definition) is 0. The fraction of sp³-hybridized carbons (Fsp3) is 0.542. The Hall–Kier alpha value is -2.08. The van der Waals surface area contributed by atoms with E-state index in [1.807, 2.05) is 25.0 Å². The van der Waals surface area contributed by atoms with Crippen molar-refractivity contribution in [2.45, 2.75) is 64.3 Å². The molecule has 1 aromatic heterocycles. The van der Waals surface area contributed by atoms with E-state index in [0.29, 0.717) is 5.92 Å². The van der Waals surface area contributed by atoms with E-state index in [1.54, 1.807) is 11.8 Å². The van der Waals surface area contributed by atoms with Crippen LogP contribution in [0.15, 0.2) is 39.1 Å². The summed E-state index contributed by atoms with van der Waals surface area (Å²) < 4.78 is 2.42. The molecule has 0 bridgehead atoms. The lowest BCUT2D eigenvalue weighted by molar-refractivity contribution is -0.119. The summed E-state index contributed by atoms with van der Waals surface area (Å²) in [6, 6.07) is 6.61. The number of nitrogens with zero attached hydrogens (tertiary/aromatic N) is 4. The number of piperidine rings is 1. The predicted octanol–water partition coefficient (Wildman–Crippen LogP) is 5.29. The smallest absolute Gasteiger partial charge is 0.209 e. The van der Waals surface area contributed by atoms with Gasteiger partial charge in [0.25, 0.3) is 0 Å². The Morgan fingerprint density at radius 3 is 2.53 bits per heavy atom. The lowest BCUT2D eigenvalue weighted by atomic mass is 9.93. The van der Waals surface area contributed by atoms with Gasteiger partial charge in [0.15, 0.2) is 0 Å². The van der Waals surface area contributed by atoms with Crippen molar-refractivity contribution in [3.05, 3.63) is 35.0 Å². The summed E-state index contributed by atoms with van der Waals surface area (Å²) in [5.41, 5.74) is 2.26. The van der Waals surface area contributed by atoms with E-state index in [4.69, 9.17) is 4.98 Å². The first-order chi connectivity index (χ1) is 14.4. The van der Waals surface area contributed by atoms with Crippen LogP contribution in [0.5, 0.6) is 0 Å². The topological polar surface area (TPSA) is 50.5 Å². The quantitative estimate of drug-likeness (QED) is 0.611. The van der Waals surface area contributed by atoms with Crippen LogP contribution in [0.25, 0.3) is 11.0 Å². The van der Waals surface area contributed by atoms with Crippen molar-refractivity contribution in [1.29, 1.82) is 0 Å². The number of benzene rings is 1. The Labute approximate surface area is 184 Å². The molecule has 2 aliphatic heterocycles. The third-order valence-corrected chi connectivity index (χ3v) is 6.48. The summed E-state index contributed by atoms with van der Waals surface area (Å²) in [6.45, 7) is 14.2. The van der Waals surface area contributed by atoms with Crippen molar-refractivity contribution >= 4 is 35.4 Å². The minimum absolute atomic E-state index is 0.0174. The minimum Gasteiger partial charge on any atom is -0.345 e. The highest BCUT2D eigenvalue weighted by Gasteiger charge is 2.26. The molecule has 3 heterocycles. The second kappa shape index (κ2) is 9.82. The Morgan fingerprint density at radius 1 is 1.20 bits per heavy atom. The number of likely N-dealkylation sites (tertiary alicyclic amines) is 1. The molecule has 2 aromatic rings. The van der Waals surface area contributed by atoms with Crippen LogP contribution >= 0.6 is 11.8 Å². The number of fused-ring (bicyclic) bond motifs is 1. The van der Waals surface area contributed by atoms with Crippen molar-refractivity contribution < 1.29 is 4.79 Å². The van der Waals surface area contributed by atoms with Gasteiger partial charge in [-0.15, -0.1) is 0 Å². The highest BCUT2D eigenvalue weighted by Crippen LogP contribution is 2.33. The van der Waals surface area contributed by atoms with Gasteiger partial charge >= 0.3 is 0 Å². The number of hydrogen-bond acceptors (Lipinski definition) is 4. The van der Waals surface area contributed by atoms with Gasteiger partial charge in [0, 0.05) is 41.1 Å². The maximum atomic E-state index is 11.0. The van der Waals surface area contributed by atoms with Crippen molar-refractivity contribution in [3.63, 3.8) is 0 Å². The Kier molecular flexibility index (Phi) is 7.40. The lowest BCUT2D eigenvalue weighted by Gasteiger charge is -2.31. The standard InChI is InChI=1S/C22H28N4OS.C2H6/c1-22(2,3)21-24-19-12-17(28-18-6-9-23-13-18)4-5-20(19)26(21)14-16-7-10-25(15-27)11-8-16;1-2/h4-6,12-13,15-16H,7-11,14H2,1-3H3;1-2H3. The van der Waals surface area contributed by atoms with E-state index in [1.165, 1.54) is 15.3 Å². The third-order valence-electron chi connectivity index (χ3n) is 5.48. The molecule has 0 radical (unpaired) electrons. The molecule has 0 N–H and O–H groups in total. The summed E-state index contributed by atoms with van der Waals surface area (Å²) >= 11 is 1.75. The van der Waals surface area contributed by atoms with E-state index in [0.717, 1.165) is 56.8 Å². The summed E-state index contributed by atoms with van der Waals surface area (Å²) in [5, 5.41) is 0. The number of imidazole rings is 1. The van der Waals surface area contributed by atoms with E-state index in [9.17, 15) is 4.79 Å². The fourth-order valence-corrected chi connectivity index (χ4v) is 4.84. The van der Waals surface area contributed by atoms with E-state index < -0.39 is 0 Å². The molecule has 1 saturated heterocycles. The molecule has 30 heavy (non-hydrogen) atoms. The molecule has 6 heteroatoms. The minimum atomic E-state index is -0.0174. The number of aliphatic imine (C=N–C) groups is 1. The number of rotatable bonds is 5. The van der Waals surface area contributed by atoms with Crippen LogP contribution in [-0.2, 0) is 16.8 Å². The van der Waals surface area contributed by atoms with Crippen LogP contribution in [0, 0.1) is 5.92 Å². The summed E-state index contributed by atoms with van der Waals surface area (Å²) in [5.74, 6) is 1.73. The Bertz CT molecular complexity index is 931. The van der Waals surface area contributed by atoms with E-state index >= 15 is 0 Å². The van der Waals surface area contributed by atoms with Crippen molar-refractivity contribution in [2.24, 2.45) is 10.9 Å². The van der Waals surface area contributed by atoms with Gasteiger partial charge in [-0.2, -0.15) is 0 Å². The van der Waals surface area contributed by atoms with Crippen LogP contribution in [0.4, 0.5) is 0 Å². The second-order valence-electron chi connectivity index (χ2n) is 8.73. The van der Waals surface area contributed by atoms with Crippen LogP contribution in [0.2, 0.25) is 0 Å². The molecular weight excluding hydrogens is 392 g/mol. The molecule has 0 aliphatic carbocycles. The van der Waals surface area contributed by atoms with Crippen LogP contribution < -0.4 is 0 Å². The SMILES string of the molecule is CC.CC(C)(C)c1nc2cc(SC3=CCN=C3)ccc2n1CC1CCN(C=O)CC1. The first-order valence-electron chi connectivity index (χ1n) is 11.0. The number of allylic oxidation sites excluding steroid dienone is 1. The molecule has 1 fully saturated rings. The molecule has 0 saturated carbocycles. The molecule has 5 nitrogen and oxygen atoms in total. The number of aromatic nitrogens is 2. The first-order valence-corrected chi connectivity index (χ1v) is 11.8. The molecule has 2 aliphatic rings. The number of amides is 1. The normalized spacial score (nSPS) is 17.1. The van der Waals surface area contributed by atoms with Crippen LogP contribution in [-0.4, -0.2) is 46.7 Å². The predicted molar refractivity (Wildman–Crippen MR) is 127 cm³/mol. The van der Waals surface area contributed by atoms with Crippen molar-refractivity contribution in [2.75, 3.05) is 19.6 Å². The zero-order chi connectivity index (χ0) is 21.7. The molecule has 4 rings (SSSR count). The molecule has 162 valence electrons. The fourth-order valence-electron chi connectivity index (χ4n) is 3.97. The Balaban J connectivity index is 0.00000124. The van der Waals surface area contributed by atoms with E-state index in [2.05, 4.69) is 54.6 Å². The molecule has 1 amide bonds. The molecule has 0 spiro atoms. The summed E-state index contributed by atoms with van der Waals surface area (Å²) in [4.78, 5) is 24.6. The zero-order valence-corrected chi connectivity index (χ0v) is 19.7. The molecular formula is C24H34N4OS. The molecule has 0 unspecified atom stereocenters. The van der Waals surface area contributed by atoms with Crippen molar-refractivity contribution in [1.82, 2.24) is 14.5 Å². The zero-order valence-electron chi connectivity index (χ0n) is 18.9. The van der Waals surface area contributed by atoms with Gasteiger partial charge in [-0.1, -0.05) is 46.4 Å². The first kappa shape index (κ1) is 22.6. The maximum Gasteiger partial charge on any atom is 0.209 e. The summed E-state index contributed by atoms with van der Waals surface area (Å²) in [6.07, 6.45) is 7.19.